The normalized spacial score (nSPS) is 16.0. The molecule has 5 heterocycles. The van der Waals surface area contributed by atoms with E-state index in [1.54, 1.807) is 41.2 Å². The second kappa shape index (κ2) is 9.43. The number of fused-ring (bicyclic) bond motifs is 1. The number of imidazole rings is 1. The van der Waals surface area contributed by atoms with E-state index in [0.717, 1.165) is 4.57 Å². The van der Waals surface area contributed by atoms with E-state index < -0.39 is 23.2 Å². The first-order valence-electron chi connectivity index (χ1n) is 11.9. The fourth-order valence-corrected chi connectivity index (χ4v) is 4.30. The first-order valence-corrected chi connectivity index (χ1v) is 11.9. The molecule has 4 aromatic heterocycles. The molecule has 1 fully saturated rings. The van der Waals surface area contributed by atoms with Crippen molar-refractivity contribution in [1.29, 1.82) is 0 Å². The van der Waals surface area contributed by atoms with E-state index in [-0.39, 0.29) is 37.1 Å². The summed E-state index contributed by atoms with van der Waals surface area (Å²) in [5.74, 6) is -1.43. The van der Waals surface area contributed by atoms with Crippen LogP contribution in [0.1, 0.15) is 25.8 Å². The maximum atomic E-state index is 13.4. The molecule has 198 valence electrons. The topological polar surface area (TPSA) is 129 Å². The number of rotatable bonds is 6. The van der Waals surface area contributed by atoms with Gasteiger partial charge in [-0.3, -0.25) is 13.9 Å². The summed E-state index contributed by atoms with van der Waals surface area (Å²) in [7, 11) is 2.98. The Bertz CT molecular complexity index is 1630. The second-order valence-electron chi connectivity index (χ2n) is 9.24. The molecule has 12 nitrogen and oxygen atoms in total. The van der Waals surface area contributed by atoms with Crippen LogP contribution in [0.25, 0.3) is 22.6 Å². The first-order chi connectivity index (χ1) is 18.1. The molecule has 4 aromatic rings. The zero-order chi connectivity index (χ0) is 27.2. The van der Waals surface area contributed by atoms with Crippen LogP contribution in [-0.4, -0.2) is 57.6 Å². The van der Waals surface area contributed by atoms with Gasteiger partial charge in [0.15, 0.2) is 17.0 Å². The second-order valence-corrected chi connectivity index (χ2v) is 9.24. The molecule has 1 aliphatic heterocycles. The number of allylic oxidation sites excluding steroid dienone is 1. The molecule has 1 atom stereocenters. The van der Waals surface area contributed by atoms with Crippen molar-refractivity contribution in [3.63, 3.8) is 0 Å². The minimum atomic E-state index is -2.64. The number of nitrogens with one attached hydrogen (secondary N) is 1. The third-order valence-corrected chi connectivity index (χ3v) is 6.71. The average molecular weight is 525 g/mol. The van der Waals surface area contributed by atoms with Crippen molar-refractivity contribution in [2.45, 2.75) is 31.7 Å². The zero-order valence-corrected chi connectivity index (χ0v) is 21.1. The monoisotopic (exact) mass is 524 g/mol. The third-order valence-electron chi connectivity index (χ3n) is 6.71. The van der Waals surface area contributed by atoms with Crippen LogP contribution < -0.4 is 21.5 Å². The van der Waals surface area contributed by atoms with Gasteiger partial charge in [0.1, 0.15) is 5.82 Å². The van der Waals surface area contributed by atoms with E-state index in [1.165, 1.54) is 17.9 Å². The van der Waals surface area contributed by atoms with Crippen LogP contribution in [0.5, 0.6) is 0 Å². The van der Waals surface area contributed by atoms with Gasteiger partial charge in [-0.25, -0.2) is 38.5 Å². The van der Waals surface area contributed by atoms with E-state index in [2.05, 4.69) is 36.8 Å². The van der Waals surface area contributed by atoms with E-state index in [1.807, 2.05) is 6.92 Å². The number of hydrogen-bond acceptors (Lipinski definition) is 9. The van der Waals surface area contributed by atoms with E-state index >= 15 is 0 Å². The van der Waals surface area contributed by atoms with Crippen LogP contribution in [0.2, 0.25) is 0 Å². The molecule has 14 heteroatoms. The highest BCUT2D eigenvalue weighted by Crippen LogP contribution is 2.29. The highest BCUT2D eigenvalue weighted by atomic mass is 19.3. The van der Waals surface area contributed by atoms with Crippen molar-refractivity contribution in [2.75, 3.05) is 23.3 Å². The Morgan fingerprint density at radius 1 is 1.08 bits per heavy atom. The molecule has 38 heavy (non-hydrogen) atoms. The summed E-state index contributed by atoms with van der Waals surface area (Å²) in [6.45, 7) is 6.32. The smallest absolute Gasteiger partial charge is 0.332 e. The largest absolute Gasteiger partial charge is 0.342 e. The van der Waals surface area contributed by atoms with Gasteiger partial charge in [-0.15, -0.1) is 0 Å². The van der Waals surface area contributed by atoms with Crippen LogP contribution in [0.15, 0.2) is 52.8 Å². The minimum Gasteiger partial charge on any atom is -0.342 e. The molecule has 0 radical (unpaired) electrons. The van der Waals surface area contributed by atoms with E-state index in [4.69, 9.17) is 0 Å². The Labute approximate surface area is 215 Å². The summed E-state index contributed by atoms with van der Waals surface area (Å²) in [6, 6.07) is 1.25. The van der Waals surface area contributed by atoms with Crippen LogP contribution in [0.4, 0.5) is 20.5 Å². The number of aryl methyl sites for hydroxylation is 1. The summed E-state index contributed by atoms with van der Waals surface area (Å²) in [4.78, 5) is 48.5. The zero-order valence-electron chi connectivity index (χ0n) is 21.1. The average Bonchev–Trinajstić information content (AvgIpc) is 3.36. The number of alkyl halides is 2. The van der Waals surface area contributed by atoms with Gasteiger partial charge in [0, 0.05) is 64.3 Å². The highest BCUT2D eigenvalue weighted by molar-refractivity contribution is 5.70. The quantitative estimate of drug-likeness (QED) is 0.403. The van der Waals surface area contributed by atoms with Crippen LogP contribution in [0.3, 0.4) is 0 Å². The number of piperidine rings is 1. The van der Waals surface area contributed by atoms with Crippen molar-refractivity contribution in [2.24, 2.45) is 14.1 Å². The Morgan fingerprint density at radius 3 is 2.45 bits per heavy atom. The van der Waals surface area contributed by atoms with Gasteiger partial charge in [0.05, 0.1) is 17.9 Å². The van der Waals surface area contributed by atoms with Crippen molar-refractivity contribution in [3.8, 4) is 11.4 Å². The lowest BCUT2D eigenvalue weighted by Gasteiger charge is -2.31. The van der Waals surface area contributed by atoms with Crippen molar-refractivity contribution in [1.82, 2.24) is 38.6 Å². The van der Waals surface area contributed by atoms with Gasteiger partial charge >= 0.3 is 5.69 Å². The van der Waals surface area contributed by atoms with Crippen molar-refractivity contribution < 1.29 is 8.78 Å². The predicted molar refractivity (Wildman–Crippen MR) is 137 cm³/mol. The van der Waals surface area contributed by atoms with Gasteiger partial charge in [-0.05, 0) is 13.0 Å². The lowest BCUT2D eigenvalue weighted by Crippen LogP contribution is -2.40. The molecule has 0 spiro atoms. The Balaban J connectivity index is 1.33. The van der Waals surface area contributed by atoms with Gasteiger partial charge in [0.25, 0.3) is 11.5 Å². The molecule has 0 bridgehead atoms. The summed E-state index contributed by atoms with van der Waals surface area (Å²) < 4.78 is 30.9. The standard InChI is InChI=1S/C24H26F2N10O2/c1-14(15(2)36-13-30-20-18(36)21(37)34(4)23(38)33(20)3)31-17-5-8-27-19(32-17)16-11-28-22(29-12-16)35-9-6-24(25,26)7-10-35/h5,8,11-13,15H,1,6-7,9-10H2,2-4H3,(H,27,31,32)/t15-/m0/s1. The molecule has 1 N–H and O–H groups in total. The van der Waals surface area contributed by atoms with Gasteiger partial charge < -0.3 is 14.8 Å². The first kappa shape index (κ1) is 25.2. The van der Waals surface area contributed by atoms with Gasteiger partial charge in [-0.1, -0.05) is 6.58 Å². The Kier molecular flexibility index (Phi) is 6.25. The molecule has 0 amide bonds. The number of halogens is 2. The Hall–Kier alpha value is -4.49. The van der Waals surface area contributed by atoms with Gasteiger partial charge in [-0.2, -0.15) is 0 Å². The maximum absolute atomic E-state index is 13.4. The fourth-order valence-electron chi connectivity index (χ4n) is 4.30. The molecule has 0 aliphatic carbocycles. The predicted octanol–water partition coefficient (Wildman–Crippen LogP) is 2.10. The molecule has 0 aromatic carbocycles. The molecule has 0 unspecified atom stereocenters. The molecule has 1 aliphatic rings. The van der Waals surface area contributed by atoms with E-state index in [9.17, 15) is 18.4 Å². The molecule has 1 saturated heterocycles. The number of aromatic nitrogens is 8. The van der Waals surface area contributed by atoms with Crippen LogP contribution in [-0.2, 0) is 14.1 Å². The lowest BCUT2D eigenvalue weighted by molar-refractivity contribution is -0.0222. The highest BCUT2D eigenvalue weighted by Gasteiger charge is 2.34. The molecular formula is C24H26F2N10O2. The van der Waals surface area contributed by atoms with Crippen molar-refractivity contribution >= 4 is 22.9 Å². The van der Waals surface area contributed by atoms with Crippen LogP contribution in [0, 0.1) is 0 Å². The number of hydrogen-bond donors (Lipinski definition) is 1. The number of anilines is 2. The van der Waals surface area contributed by atoms with E-state index in [0.29, 0.717) is 28.9 Å². The molecule has 5 rings (SSSR count). The number of nitrogens with zero attached hydrogens (tertiary/aromatic N) is 9. The van der Waals surface area contributed by atoms with Crippen LogP contribution >= 0.6 is 0 Å². The Morgan fingerprint density at radius 2 is 1.76 bits per heavy atom. The molecule has 0 saturated carbocycles. The summed E-state index contributed by atoms with van der Waals surface area (Å²) >= 11 is 0. The molecular weight excluding hydrogens is 498 g/mol. The lowest BCUT2D eigenvalue weighted by atomic mass is 10.1. The maximum Gasteiger partial charge on any atom is 0.332 e. The van der Waals surface area contributed by atoms with Gasteiger partial charge in [0.2, 0.25) is 5.95 Å². The van der Waals surface area contributed by atoms with Crippen molar-refractivity contribution in [3.05, 3.63) is 64.1 Å². The summed E-state index contributed by atoms with van der Waals surface area (Å²) in [6.07, 6.45) is 5.74. The minimum absolute atomic E-state index is 0.192. The SMILES string of the molecule is C=C(Nc1ccnc(-c2cnc(N3CCC(F)(F)CC3)nc2)n1)[C@H](C)n1cnc2c1c(=O)n(C)c(=O)n2C. The fraction of sp³-hybridized carbons (Fsp3) is 0.375. The third kappa shape index (κ3) is 4.53. The summed E-state index contributed by atoms with van der Waals surface area (Å²) in [5, 5.41) is 3.14. The summed E-state index contributed by atoms with van der Waals surface area (Å²) in [5.41, 5.74) is 0.736.